The van der Waals surface area contributed by atoms with Crippen LogP contribution in [0.2, 0.25) is 0 Å². The Morgan fingerprint density at radius 3 is 2.37 bits per heavy atom. The van der Waals surface area contributed by atoms with Gasteiger partial charge in [0.25, 0.3) is 0 Å². The molecule has 4 atom stereocenters. The highest BCUT2D eigenvalue weighted by atomic mass is 16.5. The van der Waals surface area contributed by atoms with E-state index in [9.17, 15) is 0 Å². The summed E-state index contributed by atoms with van der Waals surface area (Å²) in [5.41, 5.74) is 9.23. The number of aromatic nitrogens is 1. The fraction of sp³-hybridized carbons (Fsp3) is 0.146. The molecule has 6 aromatic rings. The van der Waals surface area contributed by atoms with E-state index in [1.807, 2.05) is 6.07 Å². The van der Waals surface area contributed by atoms with E-state index in [4.69, 9.17) is 9.73 Å². The predicted molar refractivity (Wildman–Crippen MR) is 187 cm³/mol. The van der Waals surface area contributed by atoms with E-state index in [1.54, 1.807) is 0 Å². The van der Waals surface area contributed by atoms with Gasteiger partial charge >= 0.3 is 0 Å². The Morgan fingerprint density at radius 2 is 1.52 bits per heavy atom. The van der Waals surface area contributed by atoms with Crippen molar-refractivity contribution in [3.8, 4) is 11.4 Å². The third-order valence-electron chi connectivity index (χ3n) is 9.73. The van der Waals surface area contributed by atoms with Gasteiger partial charge in [0, 0.05) is 39.1 Å². The molecule has 5 heteroatoms. The first-order valence-corrected chi connectivity index (χ1v) is 16.0. The molecule has 0 spiro atoms. The first-order valence-electron chi connectivity index (χ1n) is 16.0. The summed E-state index contributed by atoms with van der Waals surface area (Å²) in [5, 5.41) is 6.15. The van der Waals surface area contributed by atoms with Crippen LogP contribution in [-0.4, -0.2) is 28.5 Å². The summed E-state index contributed by atoms with van der Waals surface area (Å²) in [6.45, 7) is 2.23. The maximum absolute atomic E-state index is 6.84. The van der Waals surface area contributed by atoms with Crippen molar-refractivity contribution in [2.75, 3.05) is 7.05 Å². The lowest BCUT2D eigenvalue weighted by Gasteiger charge is -2.39. The number of para-hydroxylation sites is 1. The quantitative estimate of drug-likeness (QED) is 0.221. The molecular formula is C41H34N4O. The van der Waals surface area contributed by atoms with E-state index in [-0.39, 0.29) is 18.4 Å². The van der Waals surface area contributed by atoms with Crippen LogP contribution in [0.4, 0.5) is 0 Å². The Bertz CT molecular complexity index is 2210. The number of allylic oxidation sites excluding steroid dienone is 2. The second-order valence-electron chi connectivity index (χ2n) is 12.5. The van der Waals surface area contributed by atoms with E-state index < -0.39 is 0 Å². The number of rotatable bonds is 4. The molecule has 0 amide bonds. The first-order chi connectivity index (χ1) is 22.7. The minimum atomic E-state index is -0.198. The standard InChI is InChI=1S/C41H34N4O/c1-26-13-11-21-33-34-24-23-32-31-20-9-10-22-35(31)45(36(32)38(34)46-37(26)33)30-19-12-18-29(25-30)41-43-39(27-14-5-3-6-15-27)42-40(44(41)2)28-16-7-4-8-17-28/h3-26,37,40-41H,1-2H3,(H,42,43). The van der Waals surface area contributed by atoms with Crippen molar-refractivity contribution < 1.29 is 4.74 Å². The summed E-state index contributed by atoms with van der Waals surface area (Å²) < 4.78 is 9.23. The fourth-order valence-electron chi connectivity index (χ4n) is 7.46. The Hall–Kier alpha value is -5.39. The zero-order valence-electron chi connectivity index (χ0n) is 25.8. The van der Waals surface area contributed by atoms with Crippen molar-refractivity contribution in [3.05, 3.63) is 162 Å². The summed E-state index contributed by atoms with van der Waals surface area (Å²) in [6, 6.07) is 43.1. The second-order valence-corrected chi connectivity index (χ2v) is 12.5. The van der Waals surface area contributed by atoms with Crippen LogP contribution in [0, 0.1) is 5.92 Å². The number of hydrogen-bond donors (Lipinski definition) is 1. The Morgan fingerprint density at radius 1 is 0.761 bits per heavy atom. The summed E-state index contributed by atoms with van der Waals surface area (Å²) in [5.74, 6) is 2.18. The number of nitrogens with zero attached hydrogens (tertiary/aromatic N) is 3. The monoisotopic (exact) mass is 598 g/mol. The van der Waals surface area contributed by atoms with Crippen molar-refractivity contribution in [2.24, 2.45) is 10.9 Å². The van der Waals surface area contributed by atoms with Crippen molar-refractivity contribution in [1.82, 2.24) is 14.8 Å². The molecule has 1 aromatic heterocycles. The average Bonchev–Trinajstić information content (AvgIpc) is 3.66. The molecule has 0 bridgehead atoms. The molecule has 9 rings (SSSR count). The Labute approximate surface area is 268 Å². The van der Waals surface area contributed by atoms with Crippen molar-refractivity contribution in [2.45, 2.75) is 25.4 Å². The molecule has 0 saturated carbocycles. The van der Waals surface area contributed by atoms with Gasteiger partial charge in [-0.1, -0.05) is 128 Å². The van der Waals surface area contributed by atoms with Gasteiger partial charge in [-0.05, 0) is 36.4 Å². The lowest BCUT2D eigenvalue weighted by atomic mass is 9.90. The number of benzene rings is 5. The van der Waals surface area contributed by atoms with Crippen LogP contribution in [0.3, 0.4) is 0 Å². The highest BCUT2D eigenvalue weighted by Crippen LogP contribution is 2.49. The summed E-state index contributed by atoms with van der Waals surface area (Å²) in [4.78, 5) is 7.64. The molecule has 1 aliphatic carbocycles. The molecule has 5 nitrogen and oxygen atoms in total. The molecule has 0 saturated heterocycles. The van der Waals surface area contributed by atoms with Crippen LogP contribution in [0.5, 0.6) is 5.75 Å². The van der Waals surface area contributed by atoms with E-state index in [1.165, 1.54) is 27.5 Å². The van der Waals surface area contributed by atoms with E-state index in [2.05, 4.69) is 162 Å². The van der Waals surface area contributed by atoms with Crippen LogP contribution in [0.25, 0.3) is 33.1 Å². The first kappa shape index (κ1) is 27.0. The summed E-state index contributed by atoms with van der Waals surface area (Å²) in [6.07, 6.45) is 6.41. The highest BCUT2D eigenvalue weighted by molar-refractivity contribution is 6.13. The molecule has 4 unspecified atom stereocenters. The molecule has 46 heavy (non-hydrogen) atoms. The normalized spacial score (nSPS) is 22.1. The third-order valence-corrected chi connectivity index (χ3v) is 9.73. The van der Waals surface area contributed by atoms with E-state index in [0.29, 0.717) is 5.92 Å². The van der Waals surface area contributed by atoms with Gasteiger partial charge in [0.15, 0.2) is 5.75 Å². The minimum Gasteiger partial charge on any atom is -0.482 e. The van der Waals surface area contributed by atoms with Crippen LogP contribution in [0.1, 0.15) is 41.5 Å². The minimum absolute atomic E-state index is 0.0347. The van der Waals surface area contributed by atoms with Gasteiger partial charge in [-0.3, -0.25) is 4.90 Å². The molecule has 0 radical (unpaired) electrons. The van der Waals surface area contributed by atoms with Crippen LogP contribution in [0.15, 0.2) is 145 Å². The number of nitrogens with one attached hydrogen (secondary N) is 1. The average molecular weight is 599 g/mol. The number of hydrogen-bond acceptors (Lipinski definition) is 4. The maximum atomic E-state index is 6.84. The second kappa shape index (κ2) is 10.6. The van der Waals surface area contributed by atoms with Crippen molar-refractivity contribution in [1.29, 1.82) is 0 Å². The Balaban J connectivity index is 1.22. The van der Waals surface area contributed by atoms with Gasteiger partial charge in [0.05, 0.1) is 11.0 Å². The van der Waals surface area contributed by atoms with Crippen molar-refractivity contribution in [3.63, 3.8) is 0 Å². The van der Waals surface area contributed by atoms with Crippen LogP contribution < -0.4 is 10.1 Å². The lowest BCUT2D eigenvalue weighted by molar-refractivity contribution is 0.152. The predicted octanol–water partition coefficient (Wildman–Crippen LogP) is 8.81. The van der Waals surface area contributed by atoms with Crippen LogP contribution >= 0.6 is 0 Å². The molecule has 5 aromatic carbocycles. The molecule has 0 fully saturated rings. The van der Waals surface area contributed by atoms with Gasteiger partial charge < -0.3 is 14.6 Å². The summed E-state index contributed by atoms with van der Waals surface area (Å²) >= 11 is 0. The van der Waals surface area contributed by atoms with Gasteiger partial charge in [-0.15, -0.1) is 0 Å². The number of aliphatic imine (C=N–C) groups is 1. The topological polar surface area (TPSA) is 41.8 Å². The lowest BCUT2D eigenvalue weighted by Crippen LogP contribution is -2.45. The van der Waals surface area contributed by atoms with E-state index >= 15 is 0 Å². The molecule has 224 valence electrons. The van der Waals surface area contributed by atoms with Gasteiger partial charge in [-0.2, -0.15) is 0 Å². The van der Waals surface area contributed by atoms with Gasteiger partial charge in [-0.25, -0.2) is 4.99 Å². The third kappa shape index (κ3) is 4.16. The molecule has 3 heterocycles. The smallest absolute Gasteiger partial charge is 0.152 e. The zero-order valence-corrected chi connectivity index (χ0v) is 25.8. The number of amidine groups is 1. The highest BCUT2D eigenvalue weighted by Gasteiger charge is 2.36. The zero-order chi connectivity index (χ0) is 30.8. The fourth-order valence-corrected chi connectivity index (χ4v) is 7.46. The number of fused-ring (bicyclic) bond motifs is 7. The molecular weight excluding hydrogens is 564 g/mol. The number of ether oxygens (including phenoxy) is 1. The van der Waals surface area contributed by atoms with Gasteiger partial charge in [0.1, 0.15) is 24.3 Å². The van der Waals surface area contributed by atoms with E-state index in [0.717, 1.165) is 39.4 Å². The molecule has 2 aliphatic heterocycles. The van der Waals surface area contributed by atoms with Gasteiger partial charge in [0.2, 0.25) is 0 Å². The maximum Gasteiger partial charge on any atom is 0.152 e. The summed E-state index contributed by atoms with van der Waals surface area (Å²) in [7, 11) is 2.15. The molecule has 3 aliphatic rings. The Kier molecular flexibility index (Phi) is 6.22. The van der Waals surface area contributed by atoms with Crippen LogP contribution in [-0.2, 0) is 0 Å². The molecule has 1 N–H and O–H groups in total. The largest absolute Gasteiger partial charge is 0.482 e. The SMILES string of the molecule is CC1C=CC=C2c3ccc4c5ccccc5n(-c5cccc(C6N=C(c7ccccc7)NC(c7ccccc7)N6C)c5)c4c3OC21. The van der Waals surface area contributed by atoms with Crippen molar-refractivity contribution >= 4 is 33.2 Å².